The lowest BCUT2D eigenvalue weighted by atomic mass is 10.2. The van der Waals surface area contributed by atoms with Crippen LogP contribution in [0.4, 0.5) is 10.1 Å². The van der Waals surface area contributed by atoms with Gasteiger partial charge in [-0.15, -0.1) is 0 Å². The normalized spacial score (nSPS) is 10.5. The van der Waals surface area contributed by atoms with Gasteiger partial charge in [0.25, 0.3) is 0 Å². The lowest BCUT2D eigenvalue weighted by Gasteiger charge is -2.02. The maximum Gasteiger partial charge on any atom is 0.335 e. The van der Waals surface area contributed by atoms with Crippen LogP contribution in [-0.4, -0.2) is 17.0 Å². The second-order valence-electron chi connectivity index (χ2n) is 4.26. The van der Waals surface area contributed by atoms with Gasteiger partial charge in [-0.25, -0.2) is 9.18 Å². The highest BCUT2D eigenvalue weighted by Gasteiger charge is 2.02. The van der Waals surface area contributed by atoms with Gasteiger partial charge in [-0.2, -0.15) is 0 Å². The topological polar surface area (TPSA) is 66.4 Å². The third-order valence-corrected chi connectivity index (χ3v) is 2.70. The Morgan fingerprint density at radius 3 is 2.19 bits per heavy atom. The minimum absolute atomic E-state index is 0.148. The maximum absolute atomic E-state index is 12.7. The Kier molecular flexibility index (Phi) is 4.46. The van der Waals surface area contributed by atoms with Crippen molar-refractivity contribution in [2.45, 2.75) is 0 Å². The first-order valence-corrected chi connectivity index (χ1v) is 6.12. The van der Waals surface area contributed by atoms with Gasteiger partial charge in [-0.1, -0.05) is 12.1 Å². The molecule has 2 aromatic rings. The SMILES string of the molecule is O=C(/C=C/c1ccc(F)cc1)Nc1ccc(C(=O)O)cc1. The molecule has 0 aliphatic heterocycles. The molecule has 2 N–H and O–H groups in total. The van der Waals surface area contributed by atoms with E-state index in [1.165, 1.54) is 42.5 Å². The van der Waals surface area contributed by atoms with Crippen LogP contribution in [-0.2, 0) is 4.79 Å². The summed E-state index contributed by atoms with van der Waals surface area (Å²) in [5.41, 5.74) is 1.34. The minimum Gasteiger partial charge on any atom is -0.478 e. The second-order valence-corrected chi connectivity index (χ2v) is 4.26. The zero-order valence-electron chi connectivity index (χ0n) is 10.9. The number of carboxylic acids is 1. The molecular weight excluding hydrogens is 273 g/mol. The molecule has 0 saturated heterocycles. The van der Waals surface area contributed by atoms with Crippen molar-refractivity contribution >= 4 is 23.6 Å². The van der Waals surface area contributed by atoms with Crippen LogP contribution in [0.3, 0.4) is 0 Å². The first kappa shape index (κ1) is 14.5. The standard InChI is InChI=1S/C16H12FNO3/c17-13-6-1-11(2-7-13)3-10-15(19)18-14-8-4-12(5-9-14)16(20)21/h1-10H,(H,18,19)(H,20,21)/b10-3+. The average Bonchev–Trinajstić information content (AvgIpc) is 2.47. The zero-order valence-corrected chi connectivity index (χ0v) is 10.9. The van der Waals surface area contributed by atoms with Gasteiger partial charge in [0.05, 0.1) is 5.56 Å². The predicted molar refractivity (Wildman–Crippen MR) is 77.5 cm³/mol. The van der Waals surface area contributed by atoms with E-state index in [1.54, 1.807) is 18.2 Å². The highest BCUT2D eigenvalue weighted by Crippen LogP contribution is 2.10. The van der Waals surface area contributed by atoms with Crippen molar-refractivity contribution in [1.82, 2.24) is 0 Å². The summed E-state index contributed by atoms with van der Waals surface area (Å²) in [5.74, 6) is -1.72. The number of aromatic carboxylic acids is 1. The summed E-state index contributed by atoms with van der Waals surface area (Å²) in [6.45, 7) is 0. The largest absolute Gasteiger partial charge is 0.478 e. The van der Waals surface area contributed by atoms with E-state index < -0.39 is 5.97 Å². The van der Waals surface area contributed by atoms with Crippen LogP contribution in [0, 0.1) is 5.82 Å². The van der Waals surface area contributed by atoms with Crippen LogP contribution in [0.25, 0.3) is 6.08 Å². The molecule has 0 fully saturated rings. The van der Waals surface area contributed by atoms with Crippen molar-refractivity contribution in [2.24, 2.45) is 0 Å². The fourth-order valence-corrected chi connectivity index (χ4v) is 1.63. The van der Waals surface area contributed by atoms with E-state index in [0.29, 0.717) is 11.3 Å². The Labute approximate surface area is 120 Å². The predicted octanol–water partition coefficient (Wildman–Crippen LogP) is 3.18. The number of carboxylic acid groups (broad SMARTS) is 1. The maximum atomic E-state index is 12.7. The molecule has 0 unspecified atom stereocenters. The Bertz CT molecular complexity index is 676. The fourth-order valence-electron chi connectivity index (χ4n) is 1.63. The van der Waals surface area contributed by atoms with Gasteiger partial charge in [-0.3, -0.25) is 4.79 Å². The molecule has 0 heterocycles. The number of amides is 1. The number of hydrogen-bond acceptors (Lipinski definition) is 2. The molecule has 21 heavy (non-hydrogen) atoms. The number of hydrogen-bond donors (Lipinski definition) is 2. The Morgan fingerprint density at radius 1 is 1.00 bits per heavy atom. The number of carbonyl (C=O) groups excluding carboxylic acids is 1. The molecule has 106 valence electrons. The van der Waals surface area contributed by atoms with Gasteiger partial charge in [0.2, 0.25) is 5.91 Å². The summed E-state index contributed by atoms with van der Waals surface area (Å²) in [5, 5.41) is 11.4. The van der Waals surface area contributed by atoms with Crippen LogP contribution < -0.4 is 5.32 Å². The van der Waals surface area contributed by atoms with Crippen LogP contribution >= 0.6 is 0 Å². The van der Waals surface area contributed by atoms with E-state index in [9.17, 15) is 14.0 Å². The van der Waals surface area contributed by atoms with Crippen molar-refractivity contribution in [1.29, 1.82) is 0 Å². The van der Waals surface area contributed by atoms with E-state index in [1.807, 2.05) is 0 Å². The average molecular weight is 285 g/mol. The van der Waals surface area contributed by atoms with E-state index in [-0.39, 0.29) is 17.3 Å². The van der Waals surface area contributed by atoms with E-state index in [2.05, 4.69) is 5.32 Å². The summed E-state index contributed by atoms with van der Waals surface area (Å²) in [4.78, 5) is 22.4. The highest BCUT2D eigenvalue weighted by molar-refractivity contribution is 6.02. The molecule has 0 aliphatic rings. The molecule has 0 saturated carbocycles. The van der Waals surface area contributed by atoms with Crippen molar-refractivity contribution in [3.8, 4) is 0 Å². The van der Waals surface area contributed by atoms with Crippen molar-refractivity contribution < 1.29 is 19.1 Å². The number of rotatable bonds is 4. The zero-order chi connectivity index (χ0) is 15.2. The molecule has 2 aromatic carbocycles. The molecule has 0 aromatic heterocycles. The minimum atomic E-state index is -1.02. The fraction of sp³-hybridized carbons (Fsp3) is 0. The third-order valence-electron chi connectivity index (χ3n) is 2.70. The van der Waals surface area contributed by atoms with Crippen LogP contribution in [0.5, 0.6) is 0 Å². The summed E-state index contributed by atoms with van der Waals surface area (Å²) in [6.07, 6.45) is 2.87. The number of halogens is 1. The molecule has 5 heteroatoms. The molecule has 0 atom stereocenters. The van der Waals surface area contributed by atoms with Crippen molar-refractivity contribution in [3.05, 3.63) is 71.6 Å². The number of carbonyl (C=O) groups is 2. The lowest BCUT2D eigenvalue weighted by Crippen LogP contribution is -2.08. The van der Waals surface area contributed by atoms with E-state index in [4.69, 9.17) is 5.11 Å². The Hall–Kier alpha value is -2.95. The molecule has 4 nitrogen and oxygen atoms in total. The van der Waals surface area contributed by atoms with Crippen LogP contribution in [0.1, 0.15) is 15.9 Å². The first-order chi connectivity index (χ1) is 10.0. The summed E-state index contributed by atoms with van der Waals surface area (Å²) in [6, 6.07) is 11.6. The number of nitrogens with one attached hydrogen (secondary N) is 1. The first-order valence-electron chi connectivity index (χ1n) is 6.12. The third kappa shape index (κ3) is 4.28. The van der Waals surface area contributed by atoms with Gasteiger partial charge in [0, 0.05) is 11.8 Å². The van der Waals surface area contributed by atoms with Crippen molar-refractivity contribution in [2.75, 3.05) is 5.32 Å². The molecule has 0 radical (unpaired) electrons. The van der Waals surface area contributed by atoms with Crippen LogP contribution in [0.2, 0.25) is 0 Å². The summed E-state index contributed by atoms with van der Waals surface area (Å²) >= 11 is 0. The quantitative estimate of drug-likeness (QED) is 0.848. The highest BCUT2D eigenvalue weighted by atomic mass is 19.1. The summed E-state index contributed by atoms with van der Waals surface area (Å²) in [7, 11) is 0. The number of anilines is 1. The number of benzene rings is 2. The molecule has 1 amide bonds. The lowest BCUT2D eigenvalue weighted by molar-refractivity contribution is -0.111. The Balaban J connectivity index is 1.98. The van der Waals surface area contributed by atoms with Crippen LogP contribution in [0.15, 0.2) is 54.6 Å². The van der Waals surface area contributed by atoms with Gasteiger partial charge < -0.3 is 10.4 Å². The molecule has 0 aliphatic carbocycles. The molecular formula is C16H12FNO3. The van der Waals surface area contributed by atoms with Gasteiger partial charge in [0.1, 0.15) is 5.82 Å². The van der Waals surface area contributed by atoms with E-state index >= 15 is 0 Å². The van der Waals surface area contributed by atoms with Gasteiger partial charge in [0.15, 0.2) is 0 Å². The van der Waals surface area contributed by atoms with Gasteiger partial charge >= 0.3 is 5.97 Å². The summed E-state index contributed by atoms with van der Waals surface area (Å²) < 4.78 is 12.7. The smallest absolute Gasteiger partial charge is 0.335 e. The molecule has 0 bridgehead atoms. The molecule has 2 rings (SSSR count). The van der Waals surface area contributed by atoms with Crippen molar-refractivity contribution in [3.63, 3.8) is 0 Å². The Morgan fingerprint density at radius 2 is 1.62 bits per heavy atom. The molecule has 0 spiro atoms. The van der Waals surface area contributed by atoms with Gasteiger partial charge in [-0.05, 0) is 48.0 Å². The van der Waals surface area contributed by atoms with E-state index in [0.717, 1.165) is 0 Å². The monoisotopic (exact) mass is 285 g/mol. The second kappa shape index (κ2) is 6.47.